The van der Waals surface area contributed by atoms with Crippen LogP contribution in [-0.2, 0) is 19.1 Å². The Labute approximate surface area is 149 Å². The van der Waals surface area contributed by atoms with E-state index in [1.165, 1.54) is 12.7 Å². The van der Waals surface area contributed by atoms with Gasteiger partial charge in [-0.15, -0.1) is 0 Å². The number of benzene rings is 1. The Bertz CT molecular complexity index is 698. The van der Waals surface area contributed by atoms with Gasteiger partial charge in [0.05, 0.1) is 18.9 Å². The van der Waals surface area contributed by atoms with Crippen molar-refractivity contribution >= 4 is 17.5 Å². The van der Waals surface area contributed by atoms with E-state index in [1.807, 2.05) is 39.0 Å². The second-order valence-electron chi connectivity index (χ2n) is 8.09. The van der Waals surface area contributed by atoms with Gasteiger partial charge < -0.3 is 9.47 Å². The maximum Gasteiger partial charge on any atom is 0.309 e. The summed E-state index contributed by atoms with van der Waals surface area (Å²) in [5.74, 6) is -0.743. The van der Waals surface area contributed by atoms with E-state index in [9.17, 15) is 9.59 Å². The molecule has 0 radical (unpaired) electrons. The van der Waals surface area contributed by atoms with Crippen LogP contribution in [0.2, 0.25) is 0 Å². The second kappa shape index (κ2) is 6.32. The lowest BCUT2D eigenvalue weighted by Gasteiger charge is -2.32. The van der Waals surface area contributed by atoms with Gasteiger partial charge >= 0.3 is 11.9 Å². The van der Waals surface area contributed by atoms with E-state index in [4.69, 9.17) is 9.47 Å². The molecule has 1 fully saturated rings. The minimum absolute atomic E-state index is 0.172. The molecule has 134 valence electrons. The van der Waals surface area contributed by atoms with Crippen LogP contribution in [0.3, 0.4) is 0 Å². The molecule has 0 aliphatic heterocycles. The number of allylic oxidation sites excluding steroid dienone is 2. The summed E-state index contributed by atoms with van der Waals surface area (Å²) in [5, 5.41) is 0. The molecule has 0 N–H and O–H groups in total. The van der Waals surface area contributed by atoms with Gasteiger partial charge in [-0.3, -0.25) is 9.59 Å². The van der Waals surface area contributed by atoms with Crippen molar-refractivity contribution in [3.8, 4) is 0 Å². The lowest BCUT2D eigenvalue weighted by molar-refractivity contribution is -0.161. The Balaban J connectivity index is 1.89. The van der Waals surface area contributed by atoms with Gasteiger partial charge in [0, 0.05) is 5.41 Å². The molecule has 0 heterocycles. The first kappa shape index (κ1) is 17.7. The topological polar surface area (TPSA) is 52.6 Å². The summed E-state index contributed by atoms with van der Waals surface area (Å²) in [6.45, 7) is 5.63. The van der Waals surface area contributed by atoms with E-state index in [2.05, 4.69) is 18.2 Å². The average molecular weight is 342 g/mol. The van der Waals surface area contributed by atoms with E-state index >= 15 is 0 Å². The molecule has 0 aromatic heterocycles. The van der Waals surface area contributed by atoms with E-state index < -0.39 is 5.60 Å². The fourth-order valence-corrected chi connectivity index (χ4v) is 3.96. The molecule has 25 heavy (non-hydrogen) atoms. The molecule has 0 bridgehead atoms. The van der Waals surface area contributed by atoms with Crippen molar-refractivity contribution in [1.82, 2.24) is 0 Å². The normalized spacial score (nSPS) is 28.2. The minimum atomic E-state index is -0.501. The third kappa shape index (κ3) is 3.48. The van der Waals surface area contributed by atoms with Crippen LogP contribution in [0.5, 0.6) is 0 Å². The molecular formula is C21H26O4. The molecule has 1 saturated carbocycles. The quantitative estimate of drug-likeness (QED) is 0.779. The second-order valence-corrected chi connectivity index (χ2v) is 8.09. The molecule has 1 aromatic carbocycles. The molecule has 3 atom stereocenters. The van der Waals surface area contributed by atoms with E-state index in [0.29, 0.717) is 12.8 Å². The van der Waals surface area contributed by atoms with E-state index in [0.717, 1.165) is 12.0 Å². The van der Waals surface area contributed by atoms with Crippen LogP contribution in [0.25, 0.3) is 5.57 Å². The van der Waals surface area contributed by atoms with Gasteiger partial charge in [0.1, 0.15) is 5.60 Å². The highest BCUT2D eigenvalue weighted by atomic mass is 16.6. The summed E-state index contributed by atoms with van der Waals surface area (Å²) in [6.07, 6.45) is 4.15. The van der Waals surface area contributed by atoms with E-state index in [1.54, 1.807) is 0 Å². The first-order valence-corrected chi connectivity index (χ1v) is 8.83. The summed E-state index contributed by atoms with van der Waals surface area (Å²) in [7, 11) is 1.43. The zero-order valence-corrected chi connectivity index (χ0v) is 15.4. The maximum absolute atomic E-state index is 12.6. The molecule has 2 aliphatic rings. The third-order valence-electron chi connectivity index (χ3n) is 5.14. The van der Waals surface area contributed by atoms with Crippen LogP contribution in [0.1, 0.15) is 45.6 Å². The van der Waals surface area contributed by atoms with Gasteiger partial charge in [0.25, 0.3) is 0 Å². The van der Waals surface area contributed by atoms with Gasteiger partial charge in [-0.2, -0.15) is 0 Å². The first-order valence-electron chi connectivity index (χ1n) is 8.83. The highest BCUT2D eigenvalue weighted by Gasteiger charge is 2.63. The van der Waals surface area contributed by atoms with Gasteiger partial charge in [0.2, 0.25) is 0 Å². The zero-order chi connectivity index (χ0) is 18.2. The number of hydrogen-bond donors (Lipinski definition) is 0. The van der Waals surface area contributed by atoms with Gasteiger partial charge in [-0.25, -0.2) is 0 Å². The Morgan fingerprint density at radius 2 is 1.76 bits per heavy atom. The van der Waals surface area contributed by atoms with Crippen molar-refractivity contribution in [3.05, 3.63) is 42.0 Å². The number of ether oxygens (including phenoxy) is 2. The molecule has 2 aliphatic carbocycles. The lowest BCUT2D eigenvalue weighted by atomic mass is 9.74. The molecule has 4 nitrogen and oxygen atoms in total. The Morgan fingerprint density at radius 3 is 2.36 bits per heavy atom. The van der Waals surface area contributed by atoms with Crippen LogP contribution in [0.15, 0.2) is 36.4 Å². The van der Waals surface area contributed by atoms with Crippen molar-refractivity contribution in [1.29, 1.82) is 0 Å². The molecule has 3 rings (SSSR count). The molecule has 0 unspecified atom stereocenters. The summed E-state index contributed by atoms with van der Waals surface area (Å²) in [4.78, 5) is 24.7. The smallest absolute Gasteiger partial charge is 0.309 e. The monoisotopic (exact) mass is 342 g/mol. The van der Waals surface area contributed by atoms with Gasteiger partial charge in [0.15, 0.2) is 0 Å². The van der Waals surface area contributed by atoms with Crippen molar-refractivity contribution in [2.24, 2.45) is 17.3 Å². The maximum atomic E-state index is 12.6. The van der Waals surface area contributed by atoms with E-state index in [-0.39, 0.29) is 29.2 Å². The number of esters is 2. The van der Waals surface area contributed by atoms with Crippen molar-refractivity contribution in [2.75, 3.05) is 7.11 Å². The lowest BCUT2D eigenvalue weighted by Crippen LogP contribution is -2.32. The number of hydrogen-bond acceptors (Lipinski definition) is 4. The summed E-state index contributed by atoms with van der Waals surface area (Å²) >= 11 is 0. The van der Waals surface area contributed by atoms with Crippen LogP contribution in [-0.4, -0.2) is 24.6 Å². The number of methoxy groups -OCH3 is 1. The third-order valence-corrected chi connectivity index (χ3v) is 5.14. The Morgan fingerprint density at radius 1 is 1.08 bits per heavy atom. The molecule has 0 amide bonds. The Hall–Kier alpha value is -2.10. The van der Waals surface area contributed by atoms with Crippen molar-refractivity contribution in [3.63, 3.8) is 0 Å². The minimum Gasteiger partial charge on any atom is -0.469 e. The van der Waals surface area contributed by atoms with Crippen LogP contribution < -0.4 is 0 Å². The average Bonchev–Trinajstić information content (AvgIpc) is 3.27. The number of rotatable bonds is 3. The predicted octanol–water partition coefficient (Wildman–Crippen LogP) is 4.00. The van der Waals surface area contributed by atoms with Crippen molar-refractivity contribution < 1.29 is 19.1 Å². The largest absolute Gasteiger partial charge is 0.469 e. The molecule has 1 aromatic rings. The summed E-state index contributed by atoms with van der Waals surface area (Å²) in [6, 6.07) is 10.1. The fourth-order valence-electron chi connectivity index (χ4n) is 3.96. The Kier molecular flexibility index (Phi) is 4.48. The van der Waals surface area contributed by atoms with Crippen LogP contribution >= 0.6 is 0 Å². The first-order chi connectivity index (χ1) is 11.8. The van der Waals surface area contributed by atoms with Crippen LogP contribution in [0.4, 0.5) is 0 Å². The molecule has 0 saturated heterocycles. The molecular weight excluding hydrogens is 316 g/mol. The van der Waals surface area contributed by atoms with Crippen molar-refractivity contribution in [2.45, 2.75) is 45.6 Å². The van der Waals surface area contributed by atoms with Gasteiger partial charge in [-0.1, -0.05) is 36.4 Å². The fraction of sp³-hybridized carbons (Fsp3) is 0.524. The van der Waals surface area contributed by atoms with Gasteiger partial charge in [-0.05, 0) is 51.2 Å². The predicted molar refractivity (Wildman–Crippen MR) is 95.5 cm³/mol. The summed E-state index contributed by atoms with van der Waals surface area (Å²) < 4.78 is 10.6. The summed E-state index contributed by atoms with van der Waals surface area (Å²) in [5.41, 5.74) is 1.49. The molecule has 1 spiro atoms. The zero-order valence-electron chi connectivity index (χ0n) is 15.4. The van der Waals surface area contributed by atoms with Crippen LogP contribution in [0, 0.1) is 17.3 Å². The standard InChI is InChI=1S/C21H26O4/c1-20(2,3)25-18(22)15-10-11-16(14-8-6-5-7-9-14)21(12-15)13-17(21)19(23)24-4/h5-9,11,15,17H,10,12-13H2,1-4H3/t15-,17-,21+/m0/s1. The number of carbonyl (C=O) groups excluding carboxylic acids is 2. The number of carbonyl (C=O) groups is 2. The highest BCUT2D eigenvalue weighted by molar-refractivity contribution is 5.87. The SMILES string of the molecule is COC(=O)[C@@H]1C[C@@]12C[C@@H](C(=O)OC(C)(C)C)CC=C2c1ccccc1. The highest BCUT2D eigenvalue weighted by Crippen LogP contribution is 2.66. The molecule has 4 heteroatoms.